The molecule has 1 aromatic heterocycles. The van der Waals surface area contributed by atoms with Crippen molar-refractivity contribution in [3.63, 3.8) is 0 Å². The molecule has 0 saturated carbocycles. The molecule has 0 aliphatic carbocycles. The zero-order valence-electron chi connectivity index (χ0n) is 6.92. The minimum Gasteiger partial charge on any atom is -0.396 e. The van der Waals surface area contributed by atoms with E-state index in [1.165, 1.54) is 10.4 Å². The lowest BCUT2D eigenvalue weighted by molar-refractivity contribution is 0.264. The van der Waals surface area contributed by atoms with Crippen LogP contribution in [-0.2, 0) is 6.42 Å². The summed E-state index contributed by atoms with van der Waals surface area (Å²) >= 11 is 1.80. The van der Waals surface area contributed by atoms with Gasteiger partial charge in [-0.3, -0.25) is 0 Å². The van der Waals surface area contributed by atoms with Gasteiger partial charge in [0.25, 0.3) is 0 Å². The second kappa shape index (κ2) is 3.56. The summed E-state index contributed by atoms with van der Waals surface area (Å²) in [7, 11) is 0. The molecule has 2 N–H and O–H groups in total. The summed E-state index contributed by atoms with van der Waals surface area (Å²) in [6, 6.07) is 2.60. The van der Waals surface area contributed by atoms with E-state index in [-0.39, 0.29) is 6.61 Å². The Bertz CT molecular complexity index is 259. The van der Waals surface area contributed by atoms with Gasteiger partial charge in [0.05, 0.1) is 0 Å². The van der Waals surface area contributed by atoms with E-state index < -0.39 is 0 Å². The van der Waals surface area contributed by atoms with Crippen molar-refractivity contribution in [2.75, 3.05) is 13.2 Å². The SMILES string of the molecule is OCCC1NCCc2ccsc21. The smallest absolute Gasteiger partial charge is 0.0449 e. The van der Waals surface area contributed by atoms with Gasteiger partial charge >= 0.3 is 0 Å². The molecular formula is C9H13NOS. The summed E-state index contributed by atoms with van der Waals surface area (Å²) in [5.74, 6) is 0. The van der Waals surface area contributed by atoms with E-state index >= 15 is 0 Å². The zero-order valence-corrected chi connectivity index (χ0v) is 7.73. The van der Waals surface area contributed by atoms with Gasteiger partial charge in [-0.15, -0.1) is 11.3 Å². The van der Waals surface area contributed by atoms with Crippen LogP contribution < -0.4 is 5.32 Å². The number of nitrogens with one attached hydrogen (secondary N) is 1. The lowest BCUT2D eigenvalue weighted by Crippen LogP contribution is -2.29. The summed E-state index contributed by atoms with van der Waals surface area (Å²) < 4.78 is 0. The van der Waals surface area contributed by atoms with Crippen LogP contribution in [0.2, 0.25) is 0 Å². The van der Waals surface area contributed by atoms with Crippen molar-refractivity contribution in [1.29, 1.82) is 0 Å². The van der Waals surface area contributed by atoms with Gasteiger partial charge in [0.15, 0.2) is 0 Å². The van der Waals surface area contributed by atoms with Crippen LogP contribution in [0.1, 0.15) is 22.9 Å². The number of hydrogen-bond donors (Lipinski definition) is 2. The van der Waals surface area contributed by atoms with Gasteiger partial charge < -0.3 is 10.4 Å². The molecule has 12 heavy (non-hydrogen) atoms. The molecule has 1 unspecified atom stereocenters. The van der Waals surface area contributed by atoms with Crippen LogP contribution in [-0.4, -0.2) is 18.3 Å². The minimum absolute atomic E-state index is 0.273. The fraction of sp³-hybridized carbons (Fsp3) is 0.556. The molecule has 0 bridgehead atoms. The highest BCUT2D eigenvalue weighted by atomic mass is 32.1. The molecule has 0 aromatic carbocycles. The number of aliphatic hydroxyl groups excluding tert-OH is 1. The van der Waals surface area contributed by atoms with Crippen molar-refractivity contribution < 1.29 is 5.11 Å². The Kier molecular flexibility index (Phi) is 2.44. The summed E-state index contributed by atoms with van der Waals surface area (Å²) in [5, 5.41) is 14.4. The number of hydrogen-bond acceptors (Lipinski definition) is 3. The Hall–Kier alpha value is -0.380. The van der Waals surface area contributed by atoms with Crippen LogP contribution in [0.15, 0.2) is 11.4 Å². The van der Waals surface area contributed by atoms with E-state index in [4.69, 9.17) is 5.11 Å². The second-order valence-electron chi connectivity index (χ2n) is 3.08. The highest BCUT2D eigenvalue weighted by Gasteiger charge is 2.19. The first-order valence-electron chi connectivity index (χ1n) is 4.32. The molecule has 1 atom stereocenters. The Morgan fingerprint density at radius 3 is 3.42 bits per heavy atom. The predicted octanol–water partition coefficient (Wildman–Crippen LogP) is 1.32. The topological polar surface area (TPSA) is 32.3 Å². The number of aliphatic hydroxyl groups is 1. The van der Waals surface area contributed by atoms with Gasteiger partial charge in [0.1, 0.15) is 0 Å². The van der Waals surface area contributed by atoms with Crippen LogP contribution in [0.5, 0.6) is 0 Å². The maximum atomic E-state index is 8.85. The van der Waals surface area contributed by atoms with Crippen molar-refractivity contribution in [2.24, 2.45) is 0 Å². The third-order valence-corrected chi connectivity index (χ3v) is 3.37. The molecule has 2 heterocycles. The van der Waals surface area contributed by atoms with Crippen LogP contribution >= 0.6 is 11.3 Å². The molecule has 1 aliphatic rings. The fourth-order valence-electron chi connectivity index (χ4n) is 1.70. The standard InChI is InChI=1S/C9H13NOS/c11-5-2-8-9-7(1-4-10-8)3-6-12-9/h3,6,8,10-11H,1-2,4-5H2. The third-order valence-electron chi connectivity index (χ3n) is 2.30. The van der Waals surface area contributed by atoms with Crippen molar-refractivity contribution in [3.8, 4) is 0 Å². The van der Waals surface area contributed by atoms with Gasteiger partial charge in [-0.25, -0.2) is 0 Å². The molecule has 66 valence electrons. The van der Waals surface area contributed by atoms with Gasteiger partial charge in [-0.1, -0.05) is 0 Å². The molecule has 0 spiro atoms. The molecule has 0 fully saturated rings. The zero-order chi connectivity index (χ0) is 8.39. The van der Waals surface area contributed by atoms with Crippen molar-refractivity contribution in [1.82, 2.24) is 5.32 Å². The van der Waals surface area contributed by atoms with Gasteiger partial charge in [-0.05, 0) is 36.4 Å². The summed E-state index contributed by atoms with van der Waals surface area (Å²) in [5.41, 5.74) is 1.47. The first-order valence-corrected chi connectivity index (χ1v) is 5.20. The van der Waals surface area contributed by atoms with Gasteiger partial charge in [0, 0.05) is 17.5 Å². The largest absolute Gasteiger partial charge is 0.396 e. The van der Waals surface area contributed by atoms with Crippen LogP contribution in [0.25, 0.3) is 0 Å². The molecule has 2 rings (SSSR count). The number of thiophene rings is 1. The van der Waals surface area contributed by atoms with Crippen molar-refractivity contribution in [3.05, 3.63) is 21.9 Å². The highest BCUT2D eigenvalue weighted by molar-refractivity contribution is 7.10. The van der Waals surface area contributed by atoms with Crippen LogP contribution in [0.4, 0.5) is 0 Å². The molecule has 1 aromatic rings. The average Bonchev–Trinajstić information content (AvgIpc) is 2.53. The van der Waals surface area contributed by atoms with Gasteiger partial charge in [-0.2, -0.15) is 0 Å². The summed E-state index contributed by atoms with van der Waals surface area (Å²) in [6.45, 7) is 1.32. The Labute approximate surface area is 76.2 Å². The number of rotatable bonds is 2. The first kappa shape index (κ1) is 8.23. The third kappa shape index (κ3) is 1.40. The quantitative estimate of drug-likeness (QED) is 0.724. The molecule has 2 nitrogen and oxygen atoms in total. The Morgan fingerprint density at radius 2 is 2.58 bits per heavy atom. The van der Waals surface area contributed by atoms with Crippen molar-refractivity contribution in [2.45, 2.75) is 18.9 Å². The number of fused-ring (bicyclic) bond motifs is 1. The predicted molar refractivity (Wildman–Crippen MR) is 50.5 cm³/mol. The maximum Gasteiger partial charge on any atom is 0.0449 e. The molecule has 0 amide bonds. The molecular weight excluding hydrogens is 170 g/mol. The van der Waals surface area contributed by atoms with E-state index in [2.05, 4.69) is 16.8 Å². The monoisotopic (exact) mass is 183 g/mol. The second-order valence-corrected chi connectivity index (χ2v) is 4.03. The fourth-order valence-corrected chi connectivity index (χ4v) is 2.76. The summed E-state index contributed by atoms with van der Waals surface area (Å²) in [4.78, 5) is 1.43. The Balaban J connectivity index is 2.19. The molecule has 0 radical (unpaired) electrons. The van der Waals surface area contributed by atoms with Crippen LogP contribution in [0, 0.1) is 0 Å². The van der Waals surface area contributed by atoms with E-state index in [0.29, 0.717) is 6.04 Å². The highest BCUT2D eigenvalue weighted by Crippen LogP contribution is 2.29. The van der Waals surface area contributed by atoms with Gasteiger partial charge in [0.2, 0.25) is 0 Å². The Morgan fingerprint density at radius 1 is 1.67 bits per heavy atom. The summed E-state index contributed by atoms with van der Waals surface area (Å²) in [6.07, 6.45) is 1.98. The molecule has 3 heteroatoms. The maximum absolute atomic E-state index is 8.85. The lowest BCUT2D eigenvalue weighted by Gasteiger charge is -2.23. The molecule has 0 saturated heterocycles. The van der Waals surface area contributed by atoms with Crippen molar-refractivity contribution >= 4 is 11.3 Å². The first-order chi connectivity index (χ1) is 5.92. The minimum atomic E-state index is 0.273. The lowest BCUT2D eigenvalue weighted by atomic mass is 10.0. The van der Waals surface area contributed by atoms with E-state index in [0.717, 1.165) is 19.4 Å². The van der Waals surface area contributed by atoms with Crippen LogP contribution in [0.3, 0.4) is 0 Å². The van der Waals surface area contributed by atoms with E-state index in [1.807, 2.05) is 0 Å². The normalized spacial score (nSPS) is 22.2. The molecule has 1 aliphatic heterocycles. The van der Waals surface area contributed by atoms with E-state index in [9.17, 15) is 0 Å². The average molecular weight is 183 g/mol. The van der Waals surface area contributed by atoms with E-state index in [1.54, 1.807) is 11.3 Å².